The predicted molar refractivity (Wildman–Crippen MR) is 86.3 cm³/mol. The lowest BCUT2D eigenvalue weighted by molar-refractivity contribution is 0.0473. The molecule has 0 aliphatic carbocycles. The number of hydrogen-bond acceptors (Lipinski definition) is 4. The molecule has 0 spiro atoms. The number of aromatic nitrogens is 1. The second kappa shape index (κ2) is 6.79. The Bertz CT molecular complexity index is 792. The SMILES string of the molecule is CC(=O)c1c(C)[nH]c(C(=O)COC(=O)c2ccccc2Cl)c1C. The molecule has 2 aromatic rings. The van der Waals surface area contributed by atoms with Gasteiger partial charge < -0.3 is 9.72 Å². The third kappa shape index (κ3) is 3.51. The zero-order valence-electron chi connectivity index (χ0n) is 13.0. The zero-order chi connectivity index (χ0) is 17.1. The minimum absolute atomic E-state index is 0.122. The van der Waals surface area contributed by atoms with Crippen LogP contribution < -0.4 is 0 Å². The fraction of sp³-hybridized carbons (Fsp3) is 0.235. The molecule has 120 valence electrons. The van der Waals surface area contributed by atoms with E-state index in [1.807, 2.05) is 0 Å². The van der Waals surface area contributed by atoms with Gasteiger partial charge in [-0.1, -0.05) is 23.7 Å². The molecular formula is C17H16ClNO4. The van der Waals surface area contributed by atoms with Crippen molar-refractivity contribution in [3.05, 3.63) is 57.4 Å². The molecule has 6 heteroatoms. The Labute approximate surface area is 138 Å². The van der Waals surface area contributed by atoms with E-state index in [1.54, 1.807) is 32.0 Å². The Kier molecular flexibility index (Phi) is 5.01. The van der Waals surface area contributed by atoms with Crippen molar-refractivity contribution in [2.75, 3.05) is 6.61 Å². The van der Waals surface area contributed by atoms with Crippen molar-refractivity contribution in [1.29, 1.82) is 0 Å². The topological polar surface area (TPSA) is 76.2 Å². The number of hydrogen-bond donors (Lipinski definition) is 1. The minimum Gasteiger partial charge on any atom is -0.454 e. The summed E-state index contributed by atoms with van der Waals surface area (Å²) in [5.41, 5.74) is 2.15. The molecule has 0 aliphatic heterocycles. The van der Waals surface area contributed by atoms with Gasteiger partial charge in [0.1, 0.15) is 0 Å². The van der Waals surface area contributed by atoms with E-state index in [0.717, 1.165) is 0 Å². The van der Waals surface area contributed by atoms with Gasteiger partial charge >= 0.3 is 5.97 Å². The van der Waals surface area contributed by atoms with Crippen LogP contribution in [0.25, 0.3) is 0 Å². The number of esters is 1. The van der Waals surface area contributed by atoms with E-state index in [0.29, 0.717) is 16.8 Å². The van der Waals surface area contributed by atoms with Crippen molar-refractivity contribution in [3.63, 3.8) is 0 Å². The molecule has 0 bridgehead atoms. The Morgan fingerprint density at radius 3 is 2.39 bits per heavy atom. The molecule has 1 heterocycles. The van der Waals surface area contributed by atoms with Crippen LogP contribution in [0.5, 0.6) is 0 Å². The van der Waals surface area contributed by atoms with Crippen LogP contribution in [-0.2, 0) is 4.74 Å². The normalized spacial score (nSPS) is 10.4. The lowest BCUT2D eigenvalue weighted by atomic mass is 10.1. The molecule has 1 aromatic carbocycles. The average Bonchev–Trinajstić information content (AvgIpc) is 2.80. The number of nitrogens with one attached hydrogen (secondary N) is 1. The Morgan fingerprint density at radius 2 is 1.83 bits per heavy atom. The summed E-state index contributed by atoms with van der Waals surface area (Å²) in [5.74, 6) is -1.20. The molecule has 23 heavy (non-hydrogen) atoms. The van der Waals surface area contributed by atoms with Crippen molar-refractivity contribution in [3.8, 4) is 0 Å². The number of H-pyrrole nitrogens is 1. The molecule has 0 amide bonds. The van der Waals surface area contributed by atoms with Gasteiger partial charge in [0.15, 0.2) is 12.4 Å². The van der Waals surface area contributed by atoms with Gasteiger partial charge in [0, 0.05) is 11.3 Å². The molecule has 0 aliphatic rings. The van der Waals surface area contributed by atoms with Gasteiger partial charge in [0.05, 0.1) is 16.3 Å². The van der Waals surface area contributed by atoms with Crippen molar-refractivity contribution < 1.29 is 19.1 Å². The first-order chi connectivity index (χ1) is 10.8. The van der Waals surface area contributed by atoms with Gasteiger partial charge in [-0.25, -0.2) is 4.79 Å². The van der Waals surface area contributed by atoms with Crippen molar-refractivity contribution in [2.24, 2.45) is 0 Å². The van der Waals surface area contributed by atoms with Crippen LogP contribution in [-0.4, -0.2) is 29.1 Å². The molecule has 1 N–H and O–H groups in total. The number of aromatic amines is 1. The molecule has 0 radical (unpaired) electrons. The van der Waals surface area contributed by atoms with E-state index in [1.165, 1.54) is 13.0 Å². The molecule has 0 unspecified atom stereocenters. The summed E-state index contributed by atoms with van der Waals surface area (Å²) in [6.45, 7) is 4.41. The van der Waals surface area contributed by atoms with Crippen molar-refractivity contribution in [2.45, 2.75) is 20.8 Å². The van der Waals surface area contributed by atoms with Crippen LogP contribution in [0, 0.1) is 13.8 Å². The maximum atomic E-state index is 12.2. The van der Waals surface area contributed by atoms with Crippen molar-refractivity contribution >= 4 is 29.1 Å². The summed E-state index contributed by atoms with van der Waals surface area (Å²) in [6, 6.07) is 6.44. The van der Waals surface area contributed by atoms with Gasteiger partial charge in [0.2, 0.25) is 5.78 Å². The summed E-state index contributed by atoms with van der Waals surface area (Å²) < 4.78 is 5.01. The molecular weight excluding hydrogens is 318 g/mol. The van der Waals surface area contributed by atoms with Crippen LogP contribution in [0.1, 0.15) is 49.4 Å². The van der Waals surface area contributed by atoms with E-state index >= 15 is 0 Å². The average molecular weight is 334 g/mol. The monoisotopic (exact) mass is 333 g/mol. The first-order valence-electron chi connectivity index (χ1n) is 6.98. The number of ether oxygens (including phenoxy) is 1. The standard InChI is InChI=1S/C17H16ClNO4/c1-9-15(11(3)20)10(2)19-16(9)14(21)8-23-17(22)12-6-4-5-7-13(12)18/h4-7,19H,8H2,1-3H3. The maximum Gasteiger partial charge on any atom is 0.340 e. The van der Waals surface area contributed by atoms with Crippen LogP contribution >= 0.6 is 11.6 Å². The van der Waals surface area contributed by atoms with E-state index < -0.39 is 18.4 Å². The van der Waals surface area contributed by atoms with Gasteiger partial charge in [-0.3, -0.25) is 9.59 Å². The maximum absolute atomic E-state index is 12.2. The Hall–Kier alpha value is -2.40. The number of Topliss-reactive ketones (excluding diaryl/α,β-unsaturated/α-hetero) is 2. The largest absolute Gasteiger partial charge is 0.454 e. The molecule has 1 aromatic heterocycles. The number of benzene rings is 1. The minimum atomic E-state index is -0.670. The highest BCUT2D eigenvalue weighted by Gasteiger charge is 2.21. The molecule has 2 rings (SSSR count). The van der Waals surface area contributed by atoms with Gasteiger partial charge in [-0.2, -0.15) is 0 Å². The summed E-state index contributed by atoms with van der Waals surface area (Å²) >= 11 is 5.91. The third-order valence-corrected chi connectivity index (χ3v) is 3.83. The zero-order valence-corrected chi connectivity index (χ0v) is 13.8. The smallest absolute Gasteiger partial charge is 0.340 e. The second-order valence-corrected chi connectivity index (χ2v) is 5.57. The fourth-order valence-electron chi connectivity index (χ4n) is 2.46. The number of carbonyl (C=O) groups is 3. The van der Waals surface area contributed by atoms with E-state index in [9.17, 15) is 14.4 Å². The highest BCUT2D eigenvalue weighted by molar-refractivity contribution is 6.33. The van der Waals surface area contributed by atoms with E-state index in [-0.39, 0.29) is 22.1 Å². The Balaban J connectivity index is 2.12. The lowest BCUT2D eigenvalue weighted by Crippen LogP contribution is -2.15. The van der Waals surface area contributed by atoms with Crippen molar-refractivity contribution in [1.82, 2.24) is 4.98 Å². The third-order valence-electron chi connectivity index (χ3n) is 3.50. The molecule has 5 nitrogen and oxygen atoms in total. The van der Waals surface area contributed by atoms with Crippen LogP contribution in [0.4, 0.5) is 0 Å². The molecule has 0 atom stereocenters. The quantitative estimate of drug-likeness (QED) is 0.671. The fourth-order valence-corrected chi connectivity index (χ4v) is 2.68. The van der Waals surface area contributed by atoms with Crippen LogP contribution in [0.3, 0.4) is 0 Å². The lowest BCUT2D eigenvalue weighted by Gasteiger charge is -2.05. The summed E-state index contributed by atoms with van der Waals surface area (Å²) in [4.78, 5) is 38.6. The van der Waals surface area contributed by atoms with Gasteiger partial charge in [-0.15, -0.1) is 0 Å². The number of carbonyl (C=O) groups excluding carboxylic acids is 3. The number of aryl methyl sites for hydroxylation is 1. The highest BCUT2D eigenvalue weighted by Crippen LogP contribution is 2.20. The van der Waals surface area contributed by atoms with Crippen LogP contribution in [0.15, 0.2) is 24.3 Å². The predicted octanol–water partition coefficient (Wildman–Crippen LogP) is 3.53. The first-order valence-corrected chi connectivity index (χ1v) is 7.35. The van der Waals surface area contributed by atoms with E-state index in [4.69, 9.17) is 16.3 Å². The first kappa shape index (κ1) is 17.0. The molecule has 0 saturated carbocycles. The summed E-state index contributed by atoms with van der Waals surface area (Å²) in [5, 5.41) is 0.260. The van der Waals surface area contributed by atoms with E-state index in [2.05, 4.69) is 4.98 Å². The number of rotatable bonds is 5. The van der Waals surface area contributed by atoms with Gasteiger partial charge in [0.25, 0.3) is 0 Å². The Morgan fingerprint density at radius 1 is 1.17 bits per heavy atom. The molecule has 0 saturated heterocycles. The van der Waals surface area contributed by atoms with Gasteiger partial charge in [-0.05, 0) is 38.5 Å². The number of halogens is 1. The second-order valence-electron chi connectivity index (χ2n) is 5.16. The molecule has 0 fully saturated rings. The number of ketones is 2. The highest BCUT2D eigenvalue weighted by atomic mass is 35.5. The van der Waals surface area contributed by atoms with Crippen LogP contribution in [0.2, 0.25) is 5.02 Å². The summed E-state index contributed by atoms with van der Waals surface area (Å²) in [7, 11) is 0. The summed E-state index contributed by atoms with van der Waals surface area (Å²) in [6.07, 6.45) is 0.